The summed E-state index contributed by atoms with van der Waals surface area (Å²) in [5.74, 6) is 0.205. The Morgan fingerprint density at radius 2 is 1.93 bits per heavy atom. The lowest BCUT2D eigenvalue weighted by Crippen LogP contribution is -2.19. The first kappa shape index (κ1) is 24.8. The Balaban J connectivity index is 2.59. The van der Waals surface area contributed by atoms with Crippen LogP contribution >= 0.6 is 0 Å². The fraction of sp³-hybridized carbons (Fsp3) is 0.462. The van der Waals surface area contributed by atoms with Gasteiger partial charge in [0.05, 0.1) is 6.61 Å². The minimum atomic E-state index is 0.0719. The van der Waals surface area contributed by atoms with Crippen LogP contribution in [0.5, 0.6) is 0 Å². The Hall–Kier alpha value is -2.26. The summed E-state index contributed by atoms with van der Waals surface area (Å²) in [6.45, 7) is 11.7. The Labute approximate surface area is 177 Å². The molecule has 0 amide bonds. The fourth-order valence-corrected chi connectivity index (χ4v) is 3.53. The van der Waals surface area contributed by atoms with Crippen molar-refractivity contribution >= 4 is 0 Å². The SMILES string of the molecule is CC1=C(/C=C/C(C)=C/C(C)=C/C=C/C/C=C(O)\C=C/NCCO)C(C)(C)CCC1. The van der Waals surface area contributed by atoms with Crippen molar-refractivity contribution in [3.05, 3.63) is 82.9 Å². The third-order valence-electron chi connectivity index (χ3n) is 5.10. The Morgan fingerprint density at radius 3 is 2.62 bits per heavy atom. The topological polar surface area (TPSA) is 52.5 Å². The maximum Gasteiger partial charge on any atom is 0.113 e. The van der Waals surface area contributed by atoms with E-state index in [4.69, 9.17) is 5.11 Å². The maximum atomic E-state index is 9.70. The van der Waals surface area contributed by atoms with Gasteiger partial charge in [-0.1, -0.05) is 67.0 Å². The van der Waals surface area contributed by atoms with Gasteiger partial charge in [0.2, 0.25) is 0 Å². The van der Waals surface area contributed by atoms with Gasteiger partial charge in [0.15, 0.2) is 0 Å². The molecule has 0 fully saturated rings. The van der Waals surface area contributed by atoms with E-state index in [2.05, 4.69) is 64.2 Å². The fourth-order valence-electron chi connectivity index (χ4n) is 3.53. The van der Waals surface area contributed by atoms with Gasteiger partial charge in [0.1, 0.15) is 5.76 Å². The smallest absolute Gasteiger partial charge is 0.113 e. The third-order valence-corrected chi connectivity index (χ3v) is 5.10. The predicted molar refractivity (Wildman–Crippen MR) is 126 cm³/mol. The molecule has 160 valence electrons. The molecular weight excluding hydrogens is 358 g/mol. The molecule has 3 nitrogen and oxygen atoms in total. The first-order valence-corrected chi connectivity index (χ1v) is 10.6. The van der Waals surface area contributed by atoms with E-state index in [9.17, 15) is 5.11 Å². The molecular formula is C26H39NO2. The van der Waals surface area contributed by atoms with Crippen LogP contribution in [0.15, 0.2) is 82.9 Å². The second kappa shape index (κ2) is 13.1. The molecule has 0 bridgehead atoms. The van der Waals surface area contributed by atoms with E-state index in [1.165, 1.54) is 41.6 Å². The molecule has 1 aliphatic rings. The molecule has 1 aliphatic carbocycles. The third kappa shape index (κ3) is 10.2. The molecule has 0 spiro atoms. The summed E-state index contributed by atoms with van der Waals surface area (Å²) in [4.78, 5) is 0. The van der Waals surface area contributed by atoms with E-state index in [0.29, 0.717) is 13.0 Å². The second-order valence-electron chi connectivity index (χ2n) is 8.37. The van der Waals surface area contributed by atoms with E-state index in [0.717, 1.165) is 0 Å². The molecule has 0 aromatic heterocycles. The highest BCUT2D eigenvalue weighted by atomic mass is 16.3. The predicted octanol–water partition coefficient (Wildman–Crippen LogP) is 6.45. The Morgan fingerprint density at radius 1 is 1.17 bits per heavy atom. The number of aliphatic hydroxyl groups is 2. The summed E-state index contributed by atoms with van der Waals surface area (Å²) in [6.07, 6.45) is 22.2. The van der Waals surface area contributed by atoms with Gasteiger partial charge in [-0.2, -0.15) is 0 Å². The van der Waals surface area contributed by atoms with Crippen molar-refractivity contribution in [2.45, 2.75) is 60.3 Å². The van der Waals surface area contributed by atoms with Crippen LogP contribution in [-0.2, 0) is 0 Å². The maximum absolute atomic E-state index is 9.70. The van der Waals surface area contributed by atoms with Crippen molar-refractivity contribution in [3.8, 4) is 0 Å². The summed E-state index contributed by atoms with van der Waals surface area (Å²) in [5, 5.41) is 21.2. The largest absolute Gasteiger partial charge is 0.508 e. The summed E-state index contributed by atoms with van der Waals surface area (Å²) in [5.41, 5.74) is 5.72. The van der Waals surface area contributed by atoms with Gasteiger partial charge in [-0.3, -0.25) is 0 Å². The van der Waals surface area contributed by atoms with E-state index < -0.39 is 0 Å². The summed E-state index contributed by atoms with van der Waals surface area (Å²) in [6, 6.07) is 0. The summed E-state index contributed by atoms with van der Waals surface area (Å²) < 4.78 is 0. The molecule has 3 heteroatoms. The normalized spacial score (nSPS) is 19.2. The standard InChI is InChI=1S/C26H39NO2/c1-21(10-7-6-8-12-24(29)15-17-27-18-19-28)20-22(2)13-14-25-23(3)11-9-16-26(25,4)5/h6-7,10,12-15,17,20,27-29H,8-9,11,16,18-19H2,1-5H3/b7-6+,14-13+,17-15-,21-10+,22-20+,24-12+. The highest BCUT2D eigenvalue weighted by molar-refractivity contribution is 5.38. The zero-order valence-electron chi connectivity index (χ0n) is 18.8. The van der Waals surface area contributed by atoms with E-state index in [1.807, 2.05) is 12.2 Å². The summed E-state index contributed by atoms with van der Waals surface area (Å²) >= 11 is 0. The van der Waals surface area contributed by atoms with Crippen molar-refractivity contribution in [1.82, 2.24) is 5.32 Å². The molecule has 0 saturated heterocycles. The monoisotopic (exact) mass is 397 g/mol. The van der Waals surface area contributed by atoms with Crippen LogP contribution < -0.4 is 5.32 Å². The van der Waals surface area contributed by atoms with Crippen LogP contribution in [0.25, 0.3) is 0 Å². The van der Waals surface area contributed by atoms with Gasteiger partial charge in [-0.25, -0.2) is 0 Å². The van der Waals surface area contributed by atoms with Gasteiger partial charge in [0.25, 0.3) is 0 Å². The molecule has 0 aromatic carbocycles. The van der Waals surface area contributed by atoms with Crippen molar-refractivity contribution in [2.24, 2.45) is 5.41 Å². The lowest BCUT2D eigenvalue weighted by atomic mass is 9.72. The molecule has 0 aromatic rings. The molecule has 0 unspecified atom stereocenters. The first-order chi connectivity index (χ1) is 13.8. The van der Waals surface area contributed by atoms with Crippen LogP contribution in [-0.4, -0.2) is 23.4 Å². The number of rotatable bonds is 10. The highest BCUT2D eigenvalue weighted by Crippen LogP contribution is 2.40. The lowest BCUT2D eigenvalue weighted by molar-refractivity contribution is 0.298. The zero-order chi connectivity index (χ0) is 21.7. The minimum Gasteiger partial charge on any atom is -0.508 e. The van der Waals surface area contributed by atoms with Gasteiger partial charge in [-0.15, -0.1) is 0 Å². The molecule has 0 saturated carbocycles. The van der Waals surface area contributed by atoms with E-state index >= 15 is 0 Å². The minimum absolute atomic E-state index is 0.0719. The molecule has 0 radical (unpaired) electrons. The molecule has 3 N–H and O–H groups in total. The van der Waals surface area contributed by atoms with Crippen molar-refractivity contribution < 1.29 is 10.2 Å². The quantitative estimate of drug-likeness (QED) is 0.226. The van der Waals surface area contributed by atoms with Crippen molar-refractivity contribution in [1.29, 1.82) is 0 Å². The van der Waals surface area contributed by atoms with Crippen LogP contribution in [0.4, 0.5) is 0 Å². The number of allylic oxidation sites excluding steroid dienone is 12. The lowest BCUT2D eigenvalue weighted by Gasteiger charge is -2.32. The summed E-state index contributed by atoms with van der Waals surface area (Å²) in [7, 11) is 0. The molecule has 1 rings (SSSR count). The zero-order valence-corrected chi connectivity index (χ0v) is 18.8. The molecule has 0 heterocycles. The number of hydrogen-bond acceptors (Lipinski definition) is 3. The van der Waals surface area contributed by atoms with Crippen LogP contribution in [0.2, 0.25) is 0 Å². The van der Waals surface area contributed by atoms with Gasteiger partial charge < -0.3 is 15.5 Å². The molecule has 29 heavy (non-hydrogen) atoms. The number of hydrogen-bond donors (Lipinski definition) is 3. The first-order valence-electron chi connectivity index (χ1n) is 10.6. The van der Waals surface area contributed by atoms with Gasteiger partial charge in [0, 0.05) is 12.7 Å². The molecule has 0 aliphatic heterocycles. The second-order valence-corrected chi connectivity index (χ2v) is 8.37. The molecule has 0 atom stereocenters. The number of nitrogens with one attached hydrogen (secondary N) is 1. The highest BCUT2D eigenvalue weighted by Gasteiger charge is 2.26. The number of aliphatic hydroxyl groups excluding tert-OH is 2. The van der Waals surface area contributed by atoms with Gasteiger partial charge in [-0.05, 0) is 69.6 Å². The van der Waals surface area contributed by atoms with Crippen LogP contribution in [0.3, 0.4) is 0 Å². The van der Waals surface area contributed by atoms with E-state index in [1.54, 1.807) is 18.4 Å². The van der Waals surface area contributed by atoms with Crippen molar-refractivity contribution in [3.63, 3.8) is 0 Å². The Bertz CT molecular complexity index is 728. The van der Waals surface area contributed by atoms with Crippen LogP contribution in [0.1, 0.15) is 60.3 Å². The van der Waals surface area contributed by atoms with E-state index in [-0.39, 0.29) is 17.8 Å². The average Bonchev–Trinajstić information content (AvgIpc) is 2.64. The van der Waals surface area contributed by atoms with Crippen molar-refractivity contribution in [2.75, 3.05) is 13.2 Å². The van der Waals surface area contributed by atoms with Gasteiger partial charge >= 0.3 is 0 Å². The van der Waals surface area contributed by atoms with Crippen LogP contribution in [0, 0.1) is 5.41 Å². The Kier molecular flexibility index (Phi) is 11.2. The average molecular weight is 398 g/mol.